The maximum Gasteiger partial charge on any atom is 0.214 e. The first-order chi connectivity index (χ1) is 10.1. The Bertz CT molecular complexity index is 809. The first kappa shape index (κ1) is 14.3. The van der Waals surface area contributed by atoms with E-state index in [1.54, 1.807) is 18.2 Å². The molecule has 5 heteroatoms. The molecule has 1 heterocycles. The van der Waals surface area contributed by atoms with E-state index >= 15 is 0 Å². The fourth-order valence-corrected chi connectivity index (χ4v) is 2.45. The number of pyridine rings is 1. The van der Waals surface area contributed by atoms with Crippen LogP contribution in [0.4, 0.5) is 4.39 Å². The Morgan fingerprint density at radius 2 is 1.90 bits per heavy atom. The molecule has 2 nitrogen and oxygen atoms in total. The Labute approximate surface area is 134 Å². The number of fused-ring (bicyclic) bond motifs is 1. The highest BCUT2D eigenvalue weighted by molar-refractivity contribution is 9.10. The van der Waals surface area contributed by atoms with Crippen molar-refractivity contribution in [1.82, 2.24) is 4.98 Å². The standard InChI is InChI=1S/C16H10BrClFNO/c17-12-4-1-10-3-6-16(20-15(10)7-12)21-9-11-2-5-13(18)8-14(11)19/h1-8H,9H2. The second-order valence-corrected chi connectivity index (χ2v) is 5.86. The van der Waals surface area contributed by atoms with Crippen LogP contribution in [0.2, 0.25) is 5.02 Å². The van der Waals surface area contributed by atoms with Gasteiger partial charge in [0, 0.05) is 26.5 Å². The molecule has 1 aromatic heterocycles. The van der Waals surface area contributed by atoms with Crippen molar-refractivity contribution in [2.24, 2.45) is 0 Å². The van der Waals surface area contributed by atoms with Crippen molar-refractivity contribution in [2.75, 3.05) is 0 Å². The van der Waals surface area contributed by atoms with Crippen molar-refractivity contribution in [3.05, 3.63) is 69.4 Å². The molecule has 0 atom stereocenters. The van der Waals surface area contributed by atoms with Crippen LogP contribution in [-0.2, 0) is 6.61 Å². The lowest BCUT2D eigenvalue weighted by Crippen LogP contribution is -2.00. The van der Waals surface area contributed by atoms with Gasteiger partial charge in [-0.15, -0.1) is 0 Å². The quantitative estimate of drug-likeness (QED) is 0.622. The summed E-state index contributed by atoms with van der Waals surface area (Å²) in [6.45, 7) is 0.107. The summed E-state index contributed by atoms with van der Waals surface area (Å²) in [4.78, 5) is 4.40. The number of nitrogens with zero attached hydrogens (tertiary/aromatic N) is 1. The number of hydrogen-bond acceptors (Lipinski definition) is 2. The summed E-state index contributed by atoms with van der Waals surface area (Å²) in [7, 11) is 0. The molecule has 0 bridgehead atoms. The molecule has 106 valence electrons. The van der Waals surface area contributed by atoms with Gasteiger partial charge in [0.2, 0.25) is 5.88 Å². The van der Waals surface area contributed by atoms with Crippen molar-refractivity contribution >= 4 is 38.4 Å². The molecule has 0 saturated heterocycles. The third-order valence-electron chi connectivity index (χ3n) is 3.02. The Balaban J connectivity index is 1.81. The summed E-state index contributed by atoms with van der Waals surface area (Å²) in [5.41, 5.74) is 1.26. The predicted molar refractivity (Wildman–Crippen MR) is 85.2 cm³/mol. The third-order valence-corrected chi connectivity index (χ3v) is 3.75. The highest BCUT2D eigenvalue weighted by Gasteiger charge is 2.05. The number of ether oxygens (including phenoxy) is 1. The maximum atomic E-state index is 13.7. The summed E-state index contributed by atoms with van der Waals surface area (Å²) in [6, 6.07) is 14.0. The first-order valence-electron chi connectivity index (χ1n) is 6.25. The molecule has 0 aliphatic heterocycles. The lowest BCUT2D eigenvalue weighted by Gasteiger charge is -2.07. The van der Waals surface area contributed by atoms with Crippen molar-refractivity contribution in [1.29, 1.82) is 0 Å². The van der Waals surface area contributed by atoms with Crippen molar-refractivity contribution in [3.8, 4) is 5.88 Å². The van der Waals surface area contributed by atoms with Crippen LogP contribution < -0.4 is 4.74 Å². The van der Waals surface area contributed by atoms with Crippen LogP contribution in [0.3, 0.4) is 0 Å². The zero-order valence-corrected chi connectivity index (χ0v) is 13.2. The predicted octanol–water partition coefficient (Wildman–Crippen LogP) is 5.37. The van der Waals surface area contributed by atoms with E-state index in [4.69, 9.17) is 16.3 Å². The molecule has 0 fully saturated rings. The van der Waals surface area contributed by atoms with Crippen LogP contribution in [0.1, 0.15) is 5.56 Å². The first-order valence-corrected chi connectivity index (χ1v) is 7.42. The summed E-state index contributed by atoms with van der Waals surface area (Å²) < 4.78 is 20.2. The molecular weight excluding hydrogens is 357 g/mol. The minimum absolute atomic E-state index is 0.107. The van der Waals surface area contributed by atoms with E-state index < -0.39 is 0 Å². The van der Waals surface area contributed by atoms with Crippen LogP contribution in [0.15, 0.2) is 53.0 Å². The average molecular weight is 367 g/mol. The van der Waals surface area contributed by atoms with Crippen molar-refractivity contribution in [2.45, 2.75) is 6.61 Å². The molecule has 0 N–H and O–H groups in total. The number of rotatable bonds is 3. The Hall–Kier alpha value is -1.65. The van der Waals surface area contributed by atoms with Gasteiger partial charge in [0.05, 0.1) is 5.52 Å². The number of hydrogen-bond donors (Lipinski definition) is 0. The summed E-state index contributed by atoms with van der Waals surface area (Å²) in [5, 5.41) is 1.38. The number of aromatic nitrogens is 1. The third kappa shape index (κ3) is 3.34. The van der Waals surface area contributed by atoms with Gasteiger partial charge in [0.25, 0.3) is 0 Å². The van der Waals surface area contributed by atoms with Crippen LogP contribution in [0, 0.1) is 5.82 Å². The van der Waals surface area contributed by atoms with Crippen LogP contribution in [0.25, 0.3) is 10.9 Å². The zero-order chi connectivity index (χ0) is 14.8. The largest absolute Gasteiger partial charge is 0.473 e. The molecule has 0 spiro atoms. The maximum absolute atomic E-state index is 13.7. The second kappa shape index (κ2) is 6.00. The monoisotopic (exact) mass is 365 g/mol. The molecule has 0 amide bonds. The SMILES string of the molecule is Fc1cc(Cl)ccc1COc1ccc2ccc(Br)cc2n1. The minimum Gasteiger partial charge on any atom is -0.473 e. The average Bonchev–Trinajstić information content (AvgIpc) is 2.46. The van der Waals surface area contributed by atoms with Gasteiger partial charge >= 0.3 is 0 Å². The second-order valence-electron chi connectivity index (χ2n) is 4.51. The smallest absolute Gasteiger partial charge is 0.214 e. The highest BCUT2D eigenvalue weighted by Crippen LogP contribution is 2.22. The van der Waals surface area contributed by atoms with E-state index in [2.05, 4.69) is 20.9 Å². The van der Waals surface area contributed by atoms with Crippen LogP contribution in [-0.4, -0.2) is 4.98 Å². The van der Waals surface area contributed by atoms with E-state index in [9.17, 15) is 4.39 Å². The molecule has 3 rings (SSSR count). The van der Waals surface area contributed by atoms with E-state index in [0.717, 1.165) is 15.4 Å². The molecule has 3 aromatic rings. The van der Waals surface area contributed by atoms with Gasteiger partial charge in [0.15, 0.2) is 0 Å². The number of halogens is 3. The fraction of sp³-hybridized carbons (Fsp3) is 0.0625. The van der Waals surface area contributed by atoms with Gasteiger partial charge in [-0.25, -0.2) is 9.37 Å². The zero-order valence-electron chi connectivity index (χ0n) is 10.8. The minimum atomic E-state index is -0.383. The van der Waals surface area contributed by atoms with E-state index in [-0.39, 0.29) is 12.4 Å². The Kier molecular flexibility index (Phi) is 4.08. The fourth-order valence-electron chi connectivity index (χ4n) is 1.94. The van der Waals surface area contributed by atoms with Gasteiger partial charge in [0.1, 0.15) is 12.4 Å². The van der Waals surface area contributed by atoms with Gasteiger partial charge < -0.3 is 4.74 Å². The Morgan fingerprint density at radius 3 is 2.71 bits per heavy atom. The van der Waals surface area contributed by atoms with Gasteiger partial charge in [-0.3, -0.25) is 0 Å². The summed E-state index contributed by atoms with van der Waals surface area (Å²) in [6.07, 6.45) is 0. The van der Waals surface area contributed by atoms with Crippen LogP contribution >= 0.6 is 27.5 Å². The van der Waals surface area contributed by atoms with Gasteiger partial charge in [-0.2, -0.15) is 0 Å². The lowest BCUT2D eigenvalue weighted by molar-refractivity contribution is 0.289. The lowest BCUT2D eigenvalue weighted by atomic mass is 10.2. The van der Waals surface area contributed by atoms with E-state index in [1.165, 1.54) is 6.07 Å². The van der Waals surface area contributed by atoms with Crippen molar-refractivity contribution in [3.63, 3.8) is 0 Å². The normalized spacial score (nSPS) is 10.8. The van der Waals surface area contributed by atoms with Crippen LogP contribution in [0.5, 0.6) is 5.88 Å². The molecule has 0 radical (unpaired) electrons. The van der Waals surface area contributed by atoms with Gasteiger partial charge in [-0.1, -0.05) is 39.7 Å². The van der Waals surface area contributed by atoms with Gasteiger partial charge in [-0.05, 0) is 30.3 Å². The topological polar surface area (TPSA) is 22.1 Å². The number of benzene rings is 2. The molecule has 2 aromatic carbocycles. The van der Waals surface area contributed by atoms with E-state index in [0.29, 0.717) is 16.5 Å². The summed E-state index contributed by atoms with van der Waals surface area (Å²) in [5.74, 6) is 0.0704. The molecule has 21 heavy (non-hydrogen) atoms. The molecule has 0 aliphatic carbocycles. The molecule has 0 unspecified atom stereocenters. The van der Waals surface area contributed by atoms with Crippen molar-refractivity contribution < 1.29 is 9.13 Å². The highest BCUT2D eigenvalue weighted by atomic mass is 79.9. The molecule has 0 saturated carbocycles. The summed E-state index contributed by atoms with van der Waals surface area (Å²) >= 11 is 9.12. The van der Waals surface area contributed by atoms with E-state index in [1.807, 2.05) is 24.3 Å². The Morgan fingerprint density at radius 1 is 1.10 bits per heavy atom. The molecular formula is C16H10BrClFNO. The molecule has 0 aliphatic rings.